The summed E-state index contributed by atoms with van der Waals surface area (Å²) < 4.78 is 1.93. The second kappa shape index (κ2) is 8.19. The average Bonchev–Trinajstić information content (AvgIpc) is 3.12. The molecule has 1 aromatic heterocycles. The predicted molar refractivity (Wildman–Crippen MR) is 117 cm³/mol. The summed E-state index contributed by atoms with van der Waals surface area (Å²) in [5, 5.41) is 25.2. The van der Waals surface area contributed by atoms with Gasteiger partial charge < -0.3 is 10.2 Å². The SMILES string of the molecule is Oc1ccc(-c2cc(-c3ccc(O)cc3)n(CCc3ccc(Cl)cc3Cl)n2)cc1. The molecule has 0 saturated heterocycles. The first kappa shape index (κ1) is 19.4. The molecule has 0 spiro atoms. The van der Waals surface area contributed by atoms with Gasteiger partial charge in [0.05, 0.1) is 11.4 Å². The lowest BCUT2D eigenvalue weighted by atomic mass is 10.1. The summed E-state index contributed by atoms with van der Waals surface area (Å²) in [6.07, 6.45) is 0.692. The Morgan fingerprint density at radius 2 is 1.38 bits per heavy atom. The Hall–Kier alpha value is -2.95. The molecule has 0 amide bonds. The molecule has 0 fully saturated rings. The number of rotatable bonds is 5. The molecular weight excluding hydrogens is 407 g/mol. The first-order chi connectivity index (χ1) is 14.0. The van der Waals surface area contributed by atoms with Gasteiger partial charge in [-0.2, -0.15) is 5.10 Å². The number of phenolic OH excluding ortho intramolecular Hbond substituents is 2. The van der Waals surface area contributed by atoms with Crippen molar-refractivity contribution in [2.75, 3.05) is 0 Å². The van der Waals surface area contributed by atoms with E-state index in [2.05, 4.69) is 0 Å². The van der Waals surface area contributed by atoms with Crippen molar-refractivity contribution in [2.45, 2.75) is 13.0 Å². The van der Waals surface area contributed by atoms with E-state index in [0.717, 1.165) is 28.1 Å². The zero-order valence-corrected chi connectivity index (χ0v) is 16.9. The van der Waals surface area contributed by atoms with Crippen molar-refractivity contribution in [3.8, 4) is 34.0 Å². The summed E-state index contributed by atoms with van der Waals surface area (Å²) in [5.74, 6) is 0.427. The highest BCUT2D eigenvalue weighted by molar-refractivity contribution is 6.35. The highest BCUT2D eigenvalue weighted by Gasteiger charge is 2.13. The molecule has 4 rings (SSSR count). The monoisotopic (exact) mass is 424 g/mol. The smallest absolute Gasteiger partial charge is 0.115 e. The maximum Gasteiger partial charge on any atom is 0.115 e. The van der Waals surface area contributed by atoms with Gasteiger partial charge in [0.1, 0.15) is 11.5 Å². The van der Waals surface area contributed by atoms with Crippen LogP contribution in [-0.2, 0) is 13.0 Å². The standard InChI is InChI=1S/C23H18Cl2N2O2/c24-18-6-1-15(21(25)13-18)11-12-27-23(17-4-9-20(29)10-5-17)14-22(26-27)16-2-7-19(28)8-3-16/h1-10,13-14,28-29H,11-12H2. The second-order valence-corrected chi connectivity index (χ2v) is 7.56. The third-order valence-corrected chi connectivity index (χ3v) is 5.30. The van der Waals surface area contributed by atoms with Crippen molar-refractivity contribution in [1.29, 1.82) is 0 Å². The van der Waals surface area contributed by atoms with Crippen LogP contribution >= 0.6 is 23.2 Å². The number of aromatic hydroxyl groups is 2. The fourth-order valence-corrected chi connectivity index (χ4v) is 3.68. The molecule has 0 bridgehead atoms. The van der Waals surface area contributed by atoms with E-state index in [0.29, 0.717) is 23.0 Å². The maximum absolute atomic E-state index is 9.62. The van der Waals surface area contributed by atoms with Crippen molar-refractivity contribution < 1.29 is 10.2 Å². The third kappa shape index (κ3) is 4.39. The van der Waals surface area contributed by atoms with Crippen LogP contribution in [0.2, 0.25) is 10.0 Å². The lowest BCUT2D eigenvalue weighted by Crippen LogP contribution is -2.05. The molecule has 6 heteroatoms. The van der Waals surface area contributed by atoms with E-state index in [-0.39, 0.29) is 11.5 Å². The van der Waals surface area contributed by atoms with E-state index >= 15 is 0 Å². The van der Waals surface area contributed by atoms with Crippen LogP contribution in [0.4, 0.5) is 0 Å². The predicted octanol–water partition coefficient (Wildman–Crippen LogP) is 6.18. The molecule has 0 radical (unpaired) electrons. The van der Waals surface area contributed by atoms with Crippen LogP contribution in [0.1, 0.15) is 5.56 Å². The molecular formula is C23H18Cl2N2O2. The fourth-order valence-electron chi connectivity index (χ4n) is 3.18. The number of benzene rings is 3. The Bertz CT molecular complexity index is 1140. The number of nitrogens with zero attached hydrogens (tertiary/aromatic N) is 2. The van der Waals surface area contributed by atoms with E-state index in [1.165, 1.54) is 0 Å². The molecule has 0 aliphatic rings. The lowest BCUT2D eigenvalue weighted by Gasteiger charge is -2.09. The van der Waals surface area contributed by atoms with Crippen molar-refractivity contribution in [3.63, 3.8) is 0 Å². The Balaban J connectivity index is 1.70. The fraction of sp³-hybridized carbons (Fsp3) is 0.0870. The van der Waals surface area contributed by atoms with E-state index < -0.39 is 0 Å². The number of phenols is 2. The second-order valence-electron chi connectivity index (χ2n) is 6.72. The molecule has 4 nitrogen and oxygen atoms in total. The highest BCUT2D eigenvalue weighted by atomic mass is 35.5. The van der Waals surface area contributed by atoms with E-state index in [9.17, 15) is 10.2 Å². The topological polar surface area (TPSA) is 58.3 Å². The van der Waals surface area contributed by atoms with Gasteiger partial charge in [-0.05, 0) is 78.7 Å². The van der Waals surface area contributed by atoms with E-state index in [1.807, 2.05) is 47.1 Å². The molecule has 0 unspecified atom stereocenters. The zero-order chi connectivity index (χ0) is 20.4. The quantitative estimate of drug-likeness (QED) is 0.402. The molecule has 1 heterocycles. The van der Waals surface area contributed by atoms with Gasteiger partial charge >= 0.3 is 0 Å². The number of hydrogen-bond acceptors (Lipinski definition) is 3. The van der Waals surface area contributed by atoms with E-state index in [4.69, 9.17) is 28.3 Å². The van der Waals surface area contributed by atoms with Gasteiger partial charge in [-0.3, -0.25) is 4.68 Å². The summed E-state index contributed by atoms with van der Waals surface area (Å²) in [5.41, 5.74) is 4.58. The van der Waals surface area contributed by atoms with Crippen LogP contribution in [0, 0.1) is 0 Å². The Morgan fingerprint density at radius 1 is 0.759 bits per heavy atom. The minimum atomic E-state index is 0.212. The van der Waals surface area contributed by atoms with Crippen LogP contribution in [-0.4, -0.2) is 20.0 Å². The Morgan fingerprint density at radius 3 is 2.00 bits per heavy atom. The molecule has 146 valence electrons. The zero-order valence-electron chi connectivity index (χ0n) is 15.4. The summed E-state index contributed by atoms with van der Waals surface area (Å²) in [6, 6.07) is 21.5. The van der Waals surface area contributed by atoms with Crippen molar-refractivity contribution >= 4 is 23.2 Å². The third-order valence-electron chi connectivity index (χ3n) is 4.71. The van der Waals surface area contributed by atoms with Crippen LogP contribution in [0.3, 0.4) is 0 Å². The summed E-state index contributed by atoms with van der Waals surface area (Å²) in [6.45, 7) is 0.621. The number of hydrogen-bond donors (Lipinski definition) is 2. The first-order valence-electron chi connectivity index (χ1n) is 9.10. The van der Waals surface area contributed by atoms with Crippen molar-refractivity contribution in [1.82, 2.24) is 9.78 Å². The molecule has 4 aromatic rings. The summed E-state index contributed by atoms with van der Waals surface area (Å²) in [4.78, 5) is 0. The number of halogens is 2. The lowest BCUT2D eigenvalue weighted by molar-refractivity contribution is 0.475. The van der Waals surface area contributed by atoms with Gasteiger partial charge in [-0.25, -0.2) is 0 Å². The van der Waals surface area contributed by atoms with Gasteiger partial charge in [-0.1, -0.05) is 29.3 Å². The van der Waals surface area contributed by atoms with E-state index in [1.54, 1.807) is 30.3 Å². The molecule has 3 aromatic carbocycles. The van der Waals surface area contributed by atoms with Gasteiger partial charge in [0.15, 0.2) is 0 Å². The molecule has 29 heavy (non-hydrogen) atoms. The highest BCUT2D eigenvalue weighted by Crippen LogP contribution is 2.29. The average molecular weight is 425 g/mol. The van der Waals surface area contributed by atoms with Crippen molar-refractivity contribution in [2.24, 2.45) is 0 Å². The molecule has 0 aliphatic carbocycles. The summed E-state index contributed by atoms with van der Waals surface area (Å²) in [7, 11) is 0. The Kier molecular flexibility index (Phi) is 5.47. The normalized spacial score (nSPS) is 11.0. The minimum absolute atomic E-state index is 0.212. The van der Waals surface area contributed by atoms with Crippen LogP contribution < -0.4 is 0 Å². The Labute approximate surface area is 178 Å². The van der Waals surface area contributed by atoms with Gasteiger partial charge in [0.2, 0.25) is 0 Å². The van der Waals surface area contributed by atoms with Gasteiger partial charge in [0, 0.05) is 27.7 Å². The molecule has 0 atom stereocenters. The molecule has 0 saturated carbocycles. The maximum atomic E-state index is 9.62. The largest absolute Gasteiger partial charge is 0.508 e. The van der Waals surface area contributed by atoms with Gasteiger partial charge in [-0.15, -0.1) is 0 Å². The molecule has 2 N–H and O–H groups in total. The minimum Gasteiger partial charge on any atom is -0.508 e. The first-order valence-corrected chi connectivity index (χ1v) is 9.86. The van der Waals surface area contributed by atoms with Crippen molar-refractivity contribution in [3.05, 3.63) is 88.4 Å². The van der Waals surface area contributed by atoms with Gasteiger partial charge in [0.25, 0.3) is 0 Å². The van der Waals surface area contributed by atoms with Crippen LogP contribution in [0.25, 0.3) is 22.5 Å². The summed E-state index contributed by atoms with van der Waals surface area (Å²) >= 11 is 12.3. The van der Waals surface area contributed by atoms with Crippen LogP contribution in [0.5, 0.6) is 11.5 Å². The molecule has 0 aliphatic heterocycles. The number of aryl methyl sites for hydroxylation is 2. The number of aromatic nitrogens is 2. The van der Waals surface area contributed by atoms with Crippen LogP contribution in [0.15, 0.2) is 72.8 Å².